The van der Waals surface area contributed by atoms with Crippen molar-refractivity contribution in [2.75, 3.05) is 0 Å². The van der Waals surface area contributed by atoms with Crippen LogP contribution in [0.1, 0.15) is 19.8 Å². The summed E-state index contributed by atoms with van der Waals surface area (Å²) in [5.41, 5.74) is 0.995. The topological polar surface area (TPSA) is 0 Å². The van der Waals surface area contributed by atoms with Crippen LogP contribution in [0.25, 0.3) is 0 Å². The largest absolute Gasteiger partial charge is 0.0617 e. The second-order valence-corrected chi connectivity index (χ2v) is 4.80. The number of rotatable bonds is 0. The van der Waals surface area contributed by atoms with Crippen molar-refractivity contribution in [3.05, 3.63) is 0 Å². The van der Waals surface area contributed by atoms with Crippen molar-refractivity contribution in [3.63, 3.8) is 0 Å². The molecule has 0 amide bonds. The molecule has 5 saturated carbocycles. The van der Waals surface area contributed by atoms with Gasteiger partial charge in [0.05, 0.1) is 0 Å². The van der Waals surface area contributed by atoms with E-state index in [-0.39, 0.29) is 0 Å². The molecule has 0 saturated heterocycles. The molecule has 0 radical (unpaired) electrons. The maximum Gasteiger partial charge on any atom is -0.0201 e. The summed E-state index contributed by atoms with van der Waals surface area (Å²) in [6.07, 6.45) is 3.27. The molecule has 48 valence electrons. The minimum absolute atomic E-state index is 0.995. The van der Waals surface area contributed by atoms with Gasteiger partial charge in [-0.1, -0.05) is 6.92 Å². The lowest BCUT2D eigenvalue weighted by atomic mass is 9.24. The SMILES string of the molecule is CC1C2CC13C1CC1C23. The van der Waals surface area contributed by atoms with Crippen LogP contribution in [0.5, 0.6) is 0 Å². The van der Waals surface area contributed by atoms with Gasteiger partial charge in [0, 0.05) is 0 Å². The molecule has 6 atom stereocenters. The fourth-order valence-electron chi connectivity index (χ4n) is 4.57. The summed E-state index contributed by atoms with van der Waals surface area (Å²) in [5, 5.41) is 0. The van der Waals surface area contributed by atoms with Gasteiger partial charge in [0.2, 0.25) is 0 Å². The minimum atomic E-state index is 0.995. The third-order valence-electron chi connectivity index (χ3n) is 5.15. The van der Waals surface area contributed by atoms with Crippen LogP contribution in [0.3, 0.4) is 0 Å². The van der Waals surface area contributed by atoms with E-state index < -0.39 is 0 Å². The van der Waals surface area contributed by atoms with Gasteiger partial charge >= 0.3 is 0 Å². The molecular formula is C9H12. The van der Waals surface area contributed by atoms with E-state index in [1.165, 1.54) is 23.7 Å². The molecule has 0 N–H and O–H groups in total. The average molecular weight is 120 g/mol. The second kappa shape index (κ2) is 0.741. The van der Waals surface area contributed by atoms with Crippen LogP contribution in [0.2, 0.25) is 0 Å². The molecule has 0 aliphatic heterocycles. The van der Waals surface area contributed by atoms with Crippen LogP contribution in [-0.2, 0) is 0 Å². The lowest BCUT2D eigenvalue weighted by molar-refractivity contribution is -0.327. The standard InChI is InChI=1S/C9H12/c1-4-6-3-9(4)7-2-5(7)8(6)9/h4-8H,2-3H2,1H3. The zero-order valence-corrected chi connectivity index (χ0v) is 5.80. The average Bonchev–Trinajstić information content (AvgIpc) is 2.42. The molecule has 0 heteroatoms. The fraction of sp³-hybridized carbons (Fsp3) is 1.00. The van der Waals surface area contributed by atoms with Crippen molar-refractivity contribution in [1.29, 1.82) is 0 Å². The monoisotopic (exact) mass is 120 g/mol. The Balaban J connectivity index is 1.90. The third kappa shape index (κ3) is 0.171. The smallest absolute Gasteiger partial charge is 0.0201 e. The molecule has 9 heavy (non-hydrogen) atoms. The Morgan fingerprint density at radius 2 is 2.22 bits per heavy atom. The zero-order chi connectivity index (χ0) is 5.80. The third-order valence-corrected chi connectivity index (χ3v) is 5.15. The Kier molecular flexibility index (Phi) is 0.329. The molecule has 0 heterocycles. The first-order valence-corrected chi connectivity index (χ1v) is 4.36. The maximum atomic E-state index is 2.49. The normalized spacial score (nSPS) is 87.0. The number of fused-ring (bicyclic) bond motifs is 1. The van der Waals surface area contributed by atoms with Gasteiger partial charge in [-0.15, -0.1) is 0 Å². The van der Waals surface area contributed by atoms with Crippen LogP contribution in [0.4, 0.5) is 0 Å². The molecule has 2 bridgehead atoms. The summed E-state index contributed by atoms with van der Waals surface area (Å²) >= 11 is 0. The van der Waals surface area contributed by atoms with Crippen molar-refractivity contribution in [3.8, 4) is 0 Å². The Bertz CT molecular complexity index is 204. The van der Waals surface area contributed by atoms with Crippen molar-refractivity contribution in [2.45, 2.75) is 19.8 Å². The van der Waals surface area contributed by atoms with Crippen LogP contribution in [0.15, 0.2) is 0 Å². The summed E-state index contributed by atoms with van der Waals surface area (Å²) < 4.78 is 0. The summed E-state index contributed by atoms with van der Waals surface area (Å²) in [7, 11) is 0. The highest BCUT2D eigenvalue weighted by atomic mass is 14.9. The summed E-state index contributed by atoms with van der Waals surface area (Å²) in [4.78, 5) is 0. The van der Waals surface area contributed by atoms with E-state index in [9.17, 15) is 0 Å². The first kappa shape index (κ1) is 4.00. The van der Waals surface area contributed by atoms with E-state index in [1.54, 1.807) is 12.8 Å². The van der Waals surface area contributed by atoms with Crippen LogP contribution < -0.4 is 0 Å². The van der Waals surface area contributed by atoms with Crippen molar-refractivity contribution < 1.29 is 0 Å². The molecule has 5 fully saturated rings. The second-order valence-electron chi connectivity index (χ2n) is 4.80. The predicted octanol–water partition coefficient (Wildman–Crippen LogP) is 1.91. The Morgan fingerprint density at radius 1 is 1.33 bits per heavy atom. The van der Waals surface area contributed by atoms with E-state index in [1.807, 2.05) is 0 Å². The zero-order valence-electron chi connectivity index (χ0n) is 5.80. The van der Waals surface area contributed by atoms with Gasteiger partial charge < -0.3 is 0 Å². The quantitative estimate of drug-likeness (QED) is 0.458. The maximum absolute atomic E-state index is 2.49. The van der Waals surface area contributed by atoms with Crippen molar-refractivity contribution >= 4 is 0 Å². The van der Waals surface area contributed by atoms with Crippen molar-refractivity contribution in [1.82, 2.24) is 0 Å². The van der Waals surface area contributed by atoms with Gasteiger partial charge in [0.25, 0.3) is 0 Å². The predicted molar refractivity (Wildman–Crippen MR) is 34.8 cm³/mol. The molecule has 1 spiro atoms. The van der Waals surface area contributed by atoms with Crippen LogP contribution >= 0.6 is 0 Å². The summed E-state index contributed by atoms with van der Waals surface area (Å²) in [6, 6.07) is 0. The molecule has 5 aliphatic carbocycles. The fourth-order valence-corrected chi connectivity index (χ4v) is 4.57. The van der Waals surface area contributed by atoms with E-state index in [0.29, 0.717) is 0 Å². The molecule has 0 nitrogen and oxygen atoms in total. The molecule has 5 aliphatic rings. The van der Waals surface area contributed by atoms with Gasteiger partial charge in [0.15, 0.2) is 0 Å². The first-order chi connectivity index (χ1) is 4.36. The molecule has 0 aromatic rings. The number of hydrogen-bond acceptors (Lipinski definition) is 0. The van der Waals surface area contributed by atoms with Crippen LogP contribution in [-0.4, -0.2) is 0 Å². The van der Waals surface area contributed by atoms with E-state index in [0.717, 1.165) is 11.3 Å². The lowest BCUT2D eigenvalue weighted by Crippen LogP contribution is -2.75. The highest BCUT2D eigenvalue weighted by Gasteiger charge is 2.88. The Morgan fingerprint density at radius 3 is 2.67 bits per heavy atom. The number of hydrogen-bond donors (Lipinski definition) is 0. The van der Waals surface area contributed by atoms with Gasteiger partial charge in [-0.25, -0.2) is 0 Å². The van der Waals surface area contributed by atoms with Crippen LogP contribution in [0, 0.1) is 35.0 Å². The lowest BCUT2D eigenvalue weighted by Gasteiger charge is -2.80. The highest BCUT2D eigenvalue weighted by molar-refractivity contribution is 5.35. The molecule has 5 rings (SSSR count). The van der Waals surface area contributed by atoms with Gasteiger partial charge in [-0.2, -0.15) is 0 Å². The molecule has 0 aromatic carbocycles. The van der Waals surface area contributed by atoms with Gasteiger partial charge in [0.1, 0.15) is 0 Å². The minimum Gasteiger partial charge on any atom is -0.0617 e. The molecule has 6 unspecified atom stereocenters. The van der Waals surface area contributed by atoms with Gasteiger partial charge in [-0.05, 0) is 47.8 Å². The molecule has 0 aromatic heterocycles. The van der Waals surface area contributed by atoms with E-state index in [2.05, 4.69) is 6.92 Å². The Labute approximate surface area is 55.6 Å². The van der Waals surface area contributed by atoms with Crippen molar-refractivity contribution in [2.24, 2.45) is 35.0 Å². The highest BCUT2D eigenvalue weighted by Crippen LogP contribution is 2.93. The van der Waals surface area contributed by atoms with E-state index >= 15 is 0 Å². The first-order valence-electron chi connectivity index (χ1n) is 4.36. The van der Waals surface area contributed by atoms with E-state index in [4.69, 9.17) is 0 Å². The Hall–Kier alpha value is 0. The summed E-state index contributed by atoms with van der Waals surface area (Å²) in [6.45, 7) is 2.49. The summed E-state index contributed by atoms with van der Waals surface area (Å²) in [5.74, 6) is 6.17. The van der Waals surface area contributed by atoms with Gasteiger partial charge in [-0.3, -0.25) is 0 Å². The molecular weight excluding hydrogens is 108 g/mol.